The molecule has 1 fully saturated rings. The van der Waals surface area contributed by atoms with Crippen molar-refractivity contribution in [2.24, 2.45) is 0 Å². The van der Waals surface area contributed by atoms with E-state index in [4.69, 9.17) is 15.6 Å². The van der Waals surface area contributed by atoms with Gasteiger partial charge >= 0.3 is 0 Å². The number of aliphatic hydroxyl groups excluding tert-OH is 3. The van der Waals surface area contributed by atoms with Crippen molar-refractivity contribution >= 4 is 5.82 Å². The number of anilines is 1. The summed E-state index contributed by atoms with van der Waals surface area (Å²) in [7, 11) is 0. The zero-order valence-electron chi connectivity index (χ0n) is 8.39. The highest BCUT2D eigenvalue weighted by atomic mass is 16.6. The maximum atomic E-state index is 9.70. The first-order valence-corrected chi connectivity index (χ1v) is 4.84. The van der Waals surface area contributed by atoms with Crippen molar-refractivity contribution in [2.75, 3.05) is 12.3 Å². The van der Waals surface area contributed by atoms with Crippen LogP contribution in [-0.4, -0.2) is 50.2 Å². The number of hydrogen-bond donors (Lipinski definition) is 4. The van der Waals surface area contributed by atoms with Gasteiger partial charge in [0.2, 0.25) is 0 Å². The Morgan fingerprint density at radius 3 is 2.69 bits per heavy atom. The lowest BCUT2D eigenvalue weighted by atomic mass is 10.1. The number of nitrogen functional groups attached to an aromatic ring is 1. The molecule has 0 aliphatic carbocycles. The van der Waals surface area contributed by atoms with Crippen molar-refractivity contribution in [1.82, 2.24) is 9.97 Å². The van der Waals surface area contributed by atoms with Crippen LogP contribution in [0.15, 0.2) is 12.3 Å². The van der Waals surface area contributed by atoms with Crippen molar-refractivity contribution in [3.8, 4) is 0 Å². The average molecular weight is 227 g/mol. The molecule has 88 valence electrons. The molecule has 0 radical (unpaired) electrons. The van der Waals surface area contributed by atoms with E-state index in [-0.39, 0.29) is 18.2 Å². The second kappa shape index (κ2) is 4.30. The first kappa shape index (κ1) is 11.2. The molecule has 0 bridgehead atoms. The summed E-state index contributed by atoms with van der Waals surface area (Å²) in [5.41, 5.74) is 5.47. The summed E-state index contributed by atoms with van der Waals surface area (Å²) in [4.78, 5) is 7.80. The normalized spacial score (nSPS) is 34.2. The van der Waals surface area contributed by atoms with E-state index in [0.29, 0.717) is 0 Å². The van der Waals surface area contributed by atoms with Crippen molar-refractivity contribution in [3.63, 3.8) is 0 Å². The molecule has 1 aliphatic rings. The Hall–Kier alpha value is -1.28. The van der Waals surface area contributed by atoms with Gasteiger partial charge in [0.25, 0.3) is 0 Å². The van der Waals surface area contributed by atoms with Crippen LogP contribution in [-0.2, 0) is 4.74 Å². The van der Waals surface area contributed by atoms with E-state index in [2.05, 4.69) is 9.97 Å². The van der Waals surface area contributed by atoms with Crippen LogP contribution in [0.1, 0.15) is 11.9 Å². The van der Waals surface area contributed by atoms with Gasteiger partial charge in [-0.2, -0.15) is 0 Å². The number of nitrogens with two attached hydrogens (primary N) is 1. The molecule has 0 amide bonds. The zero-order valence-corrected chi connectivity index (χ0v) is 8.39. The second-order valence-corrected chi connectivity index (χ2v) is 3.60. The molecule has 0 spiro atoms. The SMILES string of the molecule is Nc1ccnc(C2O[C@H](CO)[C@@H](O)[C@H]2O)n1. The van der Waals surface area contributed by atoms with Gasteiger partial charge in [0.1, 0.15) is 30.2 Å². The minimum Gasteiger partial charge on any atom is -0.394 e. The first-order valence-electron chi connectivity index (χ1n) is 4.84. The van der Waals surface area contributed by atoms with Crippen LogP contribution in [0.3, 0.4) is 0 Å². The molecule has 5 N–H and O–H groups in total. The van der Waals surface area contributed by atoms with Crippen LogP contribution in [0.4, 0.5) is 5.82 Å². The Balaban J connectivity index is 2.23. The third-order valence-corrected chi connectivity index (χ3v) is 2.49. The molecule has 7 heteroatoms. The van der Waals surface area contributed by atoms with Crippen LogP contribution in [0.2, 0.25) is 0 Å². The molecule has 1 aromatic rings. The monoisotopic (exact) mass is 227 g/mol. The molecular weight excluding hydrogens is 214 g/mol. The smallest absolute Gasteiger partial charge is 0.162 e. The minimum atomic E-state index is -1.17. The van der Waals surface area contributed by atoms with Gasteiger partial charge in [0.15, 0.2) is 5.82 Å². The minimum absolute atomic E-state index is 0.197. The average Bonchev–Trinajstić information content (AvgIpc) is 2.56. The largest absolute Gasteiger partial charge is 0.394 e. The number of ether oxygens (including phenoxy) is 1. The predicted molar refractivity (Wildman–Crippen MR) is 53.2 cm³/mol. The number of nitrogens with zero attached hydrogens (tertiary/aromatic N) is 2. The van der Waals surface area contributed by atoms with Gasteiger partial charge in [-0.05, 0) is 6.07 Å². The lowest BCUT2D eigenvalue weighted by Crippen LogP contribution is -2.32. The quantitative estimate of drug-likeness (QED) is 0.470. The number of aromatic nitrogens is 2. The van der Waals surface area contributed by atoms with Crippen LogP contribution < -0.4 is 5.73 Å². The lowest BCUT2D eigenvalue weighted by molar-refractivity contribution is -0.0252. The number of aliphatic hydroxyl groups is 3. The zero-order chi connectivity index (χ0) is 11.7. The van der Waals surface area contributed by atoms with Crippen molar-refractivity contribution < 1.29 is 20.1 Å². The highest BCUT2D eigenvalue weighted by Crippen LogP contribution is 2.31. The highest BCUT2D eigenvalue weighted by molar-refractivity contribution is 5.26. The number of rotatable bonds is 2. The summed E-state index contributed by atoms with van der Waals surface area (Å²) in [5.74, 6) is 0.449. The van der Waals surface area contributed by atoms with E-state index in [1.807, 2.05) is 0 Å². The van der Waals surface area contributed by atoms with E-state index in [1.54, 1.807) is 0 Å². The topological polar surface area (TPSA) is 122 Å². The second-order valence-electron chi connectivity index (χ2n) is 3.60. The molecule has 1 unspecified atom stereocenters. The Morgan fingerprint density at radius 2 is 2.12 bits per heavy atom. The fourth-order valence-electron chi connectivity index (χ4n) is 1.64. The van der Waals surface area contributed by atoms with E-state index in [9.17, 15) is 10.2 Å². The lowest BCUT2D eigenvalue weighted by Gasteiger charge is -2.12. The summed E-state index contributed by atoms with van der Waals surface area (Å²) in [6.07, 6.45) is -2.58. The molecule has 16 heavy (non-hydrogen) atoms. The van der Waals surface area contributed by atoms with E-state index >= 15 is 0 Å². The molecule has 0 saturated carbocycles. The Labute approximate surface area is 91.5 Å². The van der Waals surface area contributed by atoms with Crippen molar-refractivity contribution in [1.29, 1.82) is 0 Å². The number of hydrogen-bond acceptors (Lipinski definition) is 7. The molecule has 1 saturated heterocycles. The fraction of sp³-hybridized carbons (Fsp3) is 0.556. The van der Waals surface area contributed by atoms with Crippen molar-refractivity contribution in [3.05, 3.63) is 18.1 Å². The van der Waals surface area contributed by atoms with E-state index in [1.165, 1.54) is 12.3 Å². The maximum Gasteiger partial charge on any atom is 0.162 e. The summed E-state index contributed by atoms with van der Waals surface area (Å²) >= 11 is 0. The van der Waals surface area contributed by atoms with Gasteiger partial charge in [0, 0.05) is 6.20 Å². The first-order chi connectivity index (χ1) is 7.63. The molecule has 1 aliphatic heterocycles. The van der Waals surface area contributed by atoms with Gasteiger partial charge in [0.05, 0.1) is 6.61 Å². The molecule has 1 aromatic heterocycles. The standard InChI is InChI=1S/C9H13N3O4/c10-5-1-2-11-9(12-5)8-7(15)6(14)4(3-13)16-8/h1-2,4,6-8,13-15H,3H2,(H2,10,11,12)/t4-,6-,7-,8?/m1/s1. The van der Waals surface area contributed by atoms with E-state index in [0.717, 1.165) is 0 Å². The Morgan fingerprint density at radius 1 is 1.38 bits per heavy atom. The molecule has 4 atom stereocenters. The van der Waals surface area contributed by atoms with Crippen LogP contribution in [0.25, 0.3) is 0 Å². The summed E-state index contributed by atoms with van der Waals surface area (Å²) < 4.78 is 5.25. The van der Waals surface area contributed by atoms with Gasteiger partial charge < -0.3 is 25.8 Å². The maximum absolute atomic E-state index is 9.70. The van der Waals surface area contributed by atoms with Gasteiger partial charge in [-0.15, -0.1) is 0 Å². The predicted octanol–water partition coefficient (Wildman–Crippen LogP) is -1.79. The molecule has 2 rings (SSSR count). The highest BCUT2D eigenvalue weighted by Gasteiger charge is 2.44. The summed E-state index contributed by atoms with van der Waals surface area (Å²) in [5, 5.41) is 28.1. The third-order valence-electron chi connectivity index (χ3n) is 2.49. The van der Waals surface area contributed by atoms with E-state index < -0.39 is 24.4 Å². The van der Waals surface area contributed by atoms with Crippen LogP contribution in [0, 0.1) is 0 Å². The Kier molecular flexibility index (Phi) is 3.01. The summed E-state index contributed by atoms with van der Waals surface area (Å²) in [6.45, 7) is -0.378. The Bertz CT molecular complexity index is 376. The molecule has 7 nitrogen and oxygen atoms in total. The van der Waals surface area contributed by atoms with Crippen LogP contribution >= 0.6 is 0 Å². The molecule has 2 heterocycles. The summed E-state index contributed by atoms with van der Waals surface area (Å²) in [6, 6.07) is 1.50. The fourth-order valence-corrected chi connectivity index (χ4v) is 1.64. The van der Waals surface area contributed by atoms with Crippen LogP contribution in [0.5, 0.6) is 0 Å². The molecular formula is C9H13N3O4. The van der Waals surface area contributed by atoms with Crippen molar-refractivity contribution in [2.45, 2.75) is 24.4 Å². The van der Waals surface area contributed by atoms with Gasteiger partial charge in [-0.25, -0.2) is 9.97 Å². The van der Waals surface area contributed by atoms with Gasteiger partial charge in [-0.1, -0.05) is 0 Å². The molecule has 0 aromatic carbocycles. The van der Waals surface area contributed by atoms with Gasteiger partial charge in [-0.3, -0.25) is 0 Å². The third kappa shape index (κ3) is 1.85.